The number of ether oxygens (including phenoxy) is 1. The molecule has 0 radical (unpaired) electrons. The molecule has 1 aliphatic rings. The minimum atomic E-state index is -0.334. The van der Waals surface area contributed by atoms with Crippen LogP contribution in [0.4, 0.5) is 0 Å². The summed E-state index contributed by atoms with van der Waals surface area (Å²) in [5.41, 5.74) is 1.21. The standard InChI is InChI=1S/C22H23N3O4/c1-24-19-10-7-16(20(26)23-12-14-5-8-17(29-2)9-6-14)11-18(19)21(27)25(22(24)28)13-15-3-4-15/h5-11,15H,3-4,12-13H2,1-2H3,(H,23,26). The van der Waals surface area contributed by atoms with Gasteiger partial charge in [0.2, 0.25) is 0 Å². The van der Waals surface area contributed by atoms with Crippen LogP contribution in [-0.4, -0.2) is 22.2 Å². The number of hydrogen-bond acceptors (Lipinski definition) is 4. The lowest BCUT2D eigenvalue weighted by Gasteiger charge is -2.12. The molecule has 0 unspecified atom stereocenters. The second kappa shape index (κ2) is 7.58. The summed E-state index contributed by atoms with van der Waals surface area (Å²) in [7, 11) is 3.25. The first kappa shape index (κ1) is 19.0. The van der Waals surface area contributed by atoms with Crippen LogP contribution in [0.3, 0.4) is 0 Å². The molecule has 29 heavy (non-hydrogen) atoms. The predicted octanol–water partition coefficient (Wildman–Crippen LogP) is 2.05. The zero-order valence-electron chi connectivity index (χ0n) is 16.5. The van der Waals surface area contributed by atoms with Gasteiger partial charge in [-0.1, -0.05) is 12.1 Å². The number of aromatic nitrogens is 2. The van der Waals surface area contributed by atoms with E-state index in [2.05, 4.69) is 5.32 Å². The van der Waals surface area contributed by atoms with Crippen LogP contribution in [0.5, 0.6) is 5.75 Å². The van der Waals surface area contributed by atoms with Gasteiger partial charge in [0.15, 0.2) is 0 Å². The maximum absolute atomic E-state index is 12.9. The maximum atomic E-state index is 12.9. The summed E-state index contributed by atoms with van der Waals surface area (Å²) in [4.78, 5) is 38.0. The number of methoxy groups -OCH3 is 1. The van der Waals surface area contributed by atoms with Gasteiger partial charge in [-0.05, 0) is 54.7 Å². The smallest absolute Gasteiger partial charge is 0.331 e. The molecule has 0 saturated heterocycles. The molecule has 150 valence electrons. The lowest BCUT2D eigenvalue weighted by Crippen LogP contribution is -2.39. The van der Waals surface area contributed by atoms with Crippen LogP contribution in [0.2, 0.25) is 0 Å². The summed E-state index contributed by atoms with van der Waals surface area (Å²) in [5.74, 6) is 0.876. The van der Waals surface area contributed by atoms with Gasteiger partial charge in [-0.15, -0.1) is 0 Å². The van der Waals surface area contributed by atoms with E-state index >= 15 is 0 Å². The van der Waals surface area contributed by atoms with Crippen LogP contribution < -0.4 is 21.3 Å². The van der Waals surface area contributed by atoms with Gasteiger partial charge >= 0.3 is 5.69 Å². The van der Waals surface area contributed by atoms with Crippen LogP contribution in [0.1, 0.15) is 28.8 Å². The number of benzene rings is 2. The summed E-state index contributed by atoms with van der Waals surface area (Å²) >= 11 is 0. The van der Waals surface area contributed by atoms with Gasteiger partial charge in [-0.2, -0.15) is 0 Å². The number of carbonyl (C=O) groups excluding carboxylic acids is 1. The van der Waals surface area contributed by atoms with Gasteiger partial charge in [0, 0.05) is 25.7 Å². The second-order valence-electron chi connectivity index (χ2n) is 7.46. The van der Waals surface area contributed by atoms with Crippen molar-refractivity contribution in [2.24, 2.45) is 13.0 Å². The molecule has 7 nitrogen and oxygen atoms in total. The molecular formula is C22H23N3O4. The van der Waals surface area contributed by atoms with Crippen LogP contribution in [-0.2, 0) is 20.1 Å². The first-order chi connectivity index (χ1) is 14.0. The SMILES string of the molecule is COc1ccc(CNC(=O)c2ccc3c(c2)c(=O)n(CC2CC2)c(=O)n3C)cc1. The van der Waals surface area contributed by atoms with Crippen molar-refractivity contribution >= 4 is 16.8 Å². The van der Waals surface area contributed by atoms with E-state index in [9.17, 15) is 14.4 Å². The average molecular weight is 393 g/mol. The monoisotopic (exact) mass is 393 g/mol. The molecule has 0 bridgehead atoms. The van der Waals surface area contributed by atoms with Crippen molar-refractivity contribution in [1.29, 1.82) is 0 Å². The minimum absolute atomic E-state index is 0.273. The molecule has 1 aromatic heterocycles. The highest BCUT2D eigenvalue weighted by Crippen LogP contribution is 2.29. The van der Waals surface area contributed by atoms with Crippen LogP contribution in [0.25, 0.3) is 10.9 Å². The zero-order valence-corrected chi connectivity index (χ0v) is 16.5. The van der Waals surface area contributed by atoms with Crippen molar-refractivity contribution in [1.82, 2.24) is 14.5 Å². The van der Waals surface area contributed by atoms with Crippen molar-refractivity contribution in [2.45, 2.75) is 25.9 Å². The van der Waals surface area contributed by atoms with E-state index < -0.39 is 0 Å². The second-order valence-corrected chi connectivity index (χ2v) is 7.46. The predicted molar refractivity (Wildman–Crippen MR) is 110 cm³/mol. The zero-order chi connectivity index (χ0) is 20.5. The third-order valence-corrected chi connectivity index (χ3v) is 5.36. The number of rotatable bonds is 6. The van der Waals surface area contributed by atoms with E-state index in [1.807, 2.05) is 24.3 Å². The van der Waals surface area contributed by atoms with Gasteiger partial charge < -0.3 is 10.1 Å². The molecular weight excluding hydrogens is 370 g/mol. The Kier molecular flexibility index (Phi) is 4.96. The van der Waals surface area contributed by atoms with Crippen LogP contribution in [0, 0.1) is 5.92 Å². The van der Waals surface area contributed by atoms with E-state index in [-0.39, 0.29) is 17.2 Å². The molecule has 3 aromatic rings. The Hall–Kier alpha value is -3.35. The number of carbonyl (C=O) groups is 1. The van der Waals surface area contributed by atoms with Crippen molar-refractivity contribution in [3.8, 4) is 5.75 Å². The van der Waals surface area contributed by atoms with Crippen LogP contribution in [0.15, 0.2) is 52.1 Å². The first-order valence-corrected chi connectivity index (χ1v) is 9.62. The van der Waals surface area contributed by atoms with E-state index in [1.54, 1.807) is 32.4 Å². The Bertz CT molecular complexity index is 1190. The molecule has 1 saturated carbocycles. The van der Waals surface area contributed by atoms with E-state index in [0.717, 1.165) is 24.2 Å². The molecule has 1 N–H and O–H groups in total. The van der Waals surface area contributed by atoms with E-state index in [1.165, 1.54) is 9.13 Å². The molecule has 2 aromatic carbocycles. The quantitative estimate of drug-likeness (QED) is 0.695. The molecule has 0 atom stereocenters. The highest BCUT2D eigenvalue weighted by molar-refractivity contribution is 5.97. The maximum Gasteiger partial charge on any atom is 0.331 e. The van der Waals surface area contributed by atoms with Crippen molar-refractivity contribution in [2.75, 3.05) is 7.11 Å². The topological polar surface area (TPSA) is 82.3 Å². The highest BCUT2D eigenvalue weighted by Gasteiger charge is 2.24. The Morgan fingerprint density at radius 2 is 1.86 bits per heavy atom. The Labute approximate surface area is 167 Å². The third-order valence-electron chi connectivity index (χ3n) is 5.36. The summed E-state index contributed by atoms with van der Waals surface area (Å²) in [6, 6.07) is 12.3. The minimum Gasteiger partial charge on any atom is -0.497 e. The van der Waals surface area contributed by atoms with Gasteiger partial charge in [-0.3, -0.25) is 18.7 Å². The van der Waals surface area contributed by atoms with Gasteiger partial charge in [0.25, 0.3) is 11.5 Å². The fourth-order valence-corrected chi connectivity index (χ4v) is 3.40. The molecule has 0 spiro atoms. The Morgan fingerprint density at radius 3 is 2.52 bits per heavy atom. The lowest BCUT2D eigenvalue weighted by atomic mass is 10.1. The van der Waals surface area contributed by atoms with E-state index in [4.69, 9.17) is 4.74 Å². The average Bonchev–Trinajstić information content (AvgIpc) is 3.57. The highest BCUT2D eigenvalue weighted by atomic mass is 16.5. The van der Waals surface area contributed by atoms with Crippen molar-refractivity contribution in [3.63, 3.8) is 0 Å². The molecule has 0 aliphatic heterocycles. The molecule has 1 heterocycles. The summed E-state index contributed by atoms with van der Waals surface area (Å²) < 4.78 is 7.89. The number of amides is 1. The van der Waals surface area contributed by atoms with Crippen molar-refractivity contribution < 1.29 is 9.53 Å². The number of fused-ring (bicyclic) bond motifs is 1. The molecule has 4 rings (SSSR count). The summed E-state index contributed by atoms with van der Waals surface area (Å²) in [5, 5.41) is 3.24. The summed E-state index contributed by atoms with van der Waals surface area (Å²) in [6.45, 7) is 0.801. The van der Waals surface area contributed by atoms with Gasteiger partial charge in [0.05, 0.1) is 18.0 Å². The number of nitrogens with zero attached hydrogens (tertiary/aromatic N) is 2. The largest absolute Gasteiger partial charge is 0.497 e. The third kappa shape index (κ3) is 3.81. The number of aryl methyl sites for hydroxylation is 1. The fraction of sp³-hybridized carbons (Fsp3) is 0.318. The Morgan fingerprint density at radius 1 is 1.14 bits per heavy atom. The molecule has 7 heteroatoms. The molecule has 1 amide bonds. The first-order valence-electron chi connectivity index (χ1n) is 9.62. The van der Waals surface area contributed by atoms with Gasteiger partial charge in [0.1, 0.15) is 5.75 Å². The number of hydrogen-bond donors (Lipinski definition) is 1. The molecule has 1 aliphatic carbocycles. The number of nitrogens with one attached hydrogen (secondary N) is 1. The normalized spacial score (nSPS) is 13.4. The molecule has 1 fully saturated rings. The van der Waals surface area contributed by atoms with Crippen LogP contribution >= 0.6 is 0 Å². The Balaban J connectivity index is 1.60. The van der Waals surface area contributed by atoms with Crippen molar-refractivity contribution in [3.05, 3.63) is 74.4 Å². The fourth-order valence-electron chi connectivity index (χ4n) is 3.40. The van der Waals surface area contributed by atoms with E-state index in [0.29, 0.717) is 35.5 Å². The van der Waals surface area contributed by atoms with Gasteiger partial charge in [-0.25, -0.2) is 4.79 Å². The lowest BCUT2D eigenvalue weighted by molar-refractivity contribution is 0.0951. The summed E-state index contributed by atoms with van der Waals surface area (Å²) in [6.07, 6.45) is 2.09.